The van der Waals surface area contributed by atoms with Crippen LogP contribution < -0.4 is 16.0 Å². The first-order chi connectivity index (χ1) is 12.0. The van der Waals surface area contributed by atoms with Crippen molar-refractivity contribution in [2.75, 3.05) is 16.0 Å². The first-order valence-electron chi connectivity index (χ1n) is 8.25. The Kier molecular flexibility index (Phi) is 5.38. The van der Waals surface area contributed by atoms with Gasteiger partial charge in [-0.3, -0.25) is 9.59 Å². The lowest BCUT2D eigenvalue weighted by atomic mass is 10.2. The molecule has 1 aliphatic carbocycles. The Morgan fingerprint density at radius 2 is 1.44 bits per heavy atom. The Morgan fingerprint density at radius 1 is 0.920 bits per heavy atom. The van der Waals surface area contributed by atoms with Crippen LogP contribution in [0.2, 0.25) is 0 Å². The lowest BCUT2D eigenvalue weighted by Crippen LogP contribution is -2.31. The van der Waals surface area contributed by atoms with Crippen LogP contribution in [0.4, 0.5) is 17.1 Å². The predicted octanol–water partition coefficient (Wildman–Crippen LogP) is 4.24. The molecule has 3 rings (SSSR count). The summed E-state index contributed by atoms with van der Waals surface area (Å²) in [4.78, 5) is 24.0. The summed E-state index contributed by atoms with van der Waals surface area (Å²) in [5.74, 6) is 0.150. The van der Waals surface area contributed by atoms with E-state index >= 15 is 0 Å². The maximum atomic E-state index is 12.3. The maximum Gasteiger partial charge on any atom is 0.246 e. The largest absolute Gasteiger partial charge is 0.374 e. The van der Waals surface area contributed by atoms with Crippen LogP contribution in [0, 0.1) is 5.92 Å². The SMILES string of the molecule is CC(Nc1ccc(NC(=O)C2CC2)cc1)C(=O)Nc1ccc(Br)cc1. The van der Waals surface area contributed by atoms with Gasteiger partial charge < -0.3 is 16.0 Å². The number of carbonyl (C=O) groups excluding carboxylic acids is 2. The van der Waals surface area contributed by atoms with Crippen molar-refractivity contribution in [1.82, 2.24) is 0 Å². The van der Waals surface area contributed by atoms with Crippen molar-refractivity contribution in [2.24, 2.45) is 5.92 Å². The highest BCUT2D eigenvalue weighted by Crippen LogP contribution is 2.30. The molecule has 1 fully saturated rings. The molecule has 0 aromatic heterocycles. The van der Waals surface area contributed by atoms with Crippen molar-refractivity contribution >= 4 is 44.8 Å². The van der Waals surface area contributed by atoms with Crippen molar-refractivity contribution in [3.8, 4) is 0 Å². The topological polar surface area (TPSA) is 70.2 Å². The van der Waals surface area contributed by atoms with Gasteiger partial charge in [0.25, 0.3) is 0 Å². The third kappa shape index (κ3) is 5.06. The van der Waals surface area contributed by atoms with E-state index in [9.17, 15) is 9.59 Å². The van der Waals surface area contributed by atoms with E-state index in [0.29, 0.717) is 0 Å². The molecule has 1 saturated carbocycles. The molecule has 0 spiro atoms. The highest BCUT2D eigenvalue weighted by atomic mass is 79.9. The summed E-state index contributed by atoms with van der Waals surface area (Å²) in [6.07, 6.45) is 1.97. The molecule has 130 valence electrons. The Bertz CT molecular complexity index is 755. The summed E-state index contributed by atoms with van der Waals surface area (Å²) in [5.41, 5.74) is 2.34. The molecule has 3 N–H and O–H groups in total. The van der Waals surface area contributed by atoms with Crippen LogP contribution in [0.3, 0.4) is 0 Å². The van der Waals surface area contributed by atoms with E-state index in [2.05, 4.69) is 31.9 Å². The zero-order valence-corrected chi connectivity index (χ0v) is 15.5. The van der Waals surface area contributed by atoms with Crippen molar-refractivity contribution in [3.63, 3.8) is 0 Å². The Morgan fingerprint density at radius 3 is 2.04 bits per heavy atom. The molecule has 1 unspecified atom stereocenters. The van der Waals surface area contributed by atoms with E-state index in [-0.39, 0.29) is 17.7 Å². The molecule has 25 heavy (non-hydrogen) atoms. The van der Waals surface area contributed by atoms with Gasteiger partial charge in [0, 0.05) is 27.5 Å². The van der Waals surface area contributed by atoms with Gasteiger partial charge in [-0.15, -0.1) is 0 Å². The zero-order chi connectivity index (χ0) is 17.8. The Labute approximate surface area is 155 Å². The summed E-state index contributed by atoms with van der Waals surface area (Å²) in [6, 6.07) is 14.4. The van der Waals surface area contributed by atoms with Gasteiger partial charge in [-0.1, -0.05) is 15.9 Å². The number of benzene rings is 2. The molecule has 2 aromatic rings. The first kappa shape index (κ1) is 17.5. The number of nitrogens with one attached hydrogen (secondary N) is 3. The number of halogens is 1. The average molecular weight is 402 g/mol. The molecular formula is C19H20BrN3O2. The Balaban J connectivity index is 1.52. The smallest absolute Gasteiger partial charge is 0.246 e. The van der Waals surface area contributed by atoms with E-state index in [1.54, 1.807) is 6.92 Å². The van der Waals surface area contributed by atoms with E-state index in [1.807, 2.05) is 48.5 Å². The monoisotopic (exact) mass is 401 g/mol. The molecule has 1 atom stereocenters. The van der Waals surface area contributed by atoms with Gasteiger partial charge in [-0.25, -0.2) is 0 Å². The minimum absolute atomic E-state index is 0.0861. The van der Waals surface area contributed by atoms with Gasteiger partial charge in [0.1, 0.15) is 6.04 Å². The number of hydrogen-bond acceptors (Lipinski definition) is 3. The quantitative estimate of drug-likeness (QED) is 0.677. The predicted molar refractivity (Wildman–Crippen MR) is 104 cm³/mol. The van der Waals surface area contributed by atoms with Gasteiger partial charge in [-0.2, -0.15) is 0 Å². The van der Waals surface area contributed by atoms with Gasteiger partial charge in [0.15, 0.2) is 0 Å². The minimum Gasteiger partial charge on any atom is -0.374 e. The molecule has 0 aliphatic heterocycles. The molecule has 2 aromatic carbocycles. The summed E-state index contributed by atoms with van der Waals surface area (Å²) in [5, 5.41) is 8.92. The van der Waals surface area contributed by atoms with Crippen LogP contribution in [0.5, 0.6) is 0 Å². The number of rotatable bonds is 6. The molecular weight excluding hydrogens is 382 g/mol. The van der Waals surface area contributed by atoms with E-state index in [0.717, 1.165) is 34.4 Å². The van der Waals surface area contributed by atoms with E-state index < -0.39 is 6.04 Å². The van der Waals surface area contributed by atoms with Crippen LogP contribution in [0.1, 0.15) is 19.8 Å². The molecule has 0 radical (unpaired) electrons. The zero-order valence-electron chi connectivity index (χ0n) is 13.9. The van der Waals surface area contributed by atoms with Gasteiger partial charge in [-0.05, 0) is 68.3 Å². The third-order valence-corrected chi connectivity index (χ3v) is 4.52. The third-order valence-electron chi connectivity index (χ3n) is 3.99. The second kappa shape index (κ2) is 7.70. The highest BCUT2D eigenvalue weighted by molar-refractivity contribution is 9.10. The Hall–Kier alpha value is -2.34. The molecule has 0 bridgehead atoms. The fraction of sp³-hybridized carbons (Fsp3) is 0.263. The molecule has 5 nitrogen and oxygen atoms in total. The normalized spacial score (nSPS) is 14.5. The van der Waals surface area contributed by atoms with Crippen LogP contribution in [0.15, 0.2) is 53.0 Å². The van der Waals surface area contributed by atoms with Gasteiger partial charge in [0.2, 0.25) is 11.8 Å². The fourth-order valence-electron chi connectivity index (χ4n) is 2.34. The molecule has 0 heterocycles. The molecule has 1 aliphatic rings. The van der Waals surface area contributed by atoms with E-state index in [1.165, 1.54) is 0 Å². The van der Waals surface area contributed by atoms with Crippen molar-refractivity contribution in [1.29, 1.82) is 0 Å². The summed E-state index contributed by atoms with van der Waals surface area (Å²) in [7, 11) is 0. The lowest BCUT2D eigenvalue weighted by molar-refractivity contribution is -0.117. The maximum absolute atomic E-state index is 12.3. The first-order valence-corrected chi connectivity index (χ1v) is 9.04. The highest BCUT2D eigenvalue weighted by Gasteiger charge is 2.29. The van der Waals surface area contributed by atoms with Crippen LogP contribution in [-0.2, 0) is 9.59 Å². The summed E-state index contributed by atoms with van der Waals surface area (Å²) < 4.78 is 0.963. The minimum atomic E-state index is -0.393. The second-order valence-electron chi connectivity index (χ2n) is 6.20. The fourth-order valence-corrected chi connectivity index (χ4v) is 2.60. The van der Waals surface area contributed by atoms with Crippen LogP contribution >= 0.6 is 15.9 Å². The number of anilines is 3. The molecule has 0 saturated heterocycles. The van der Waals surface area contributed by atoms with Crippen LogP contribution in [-0.4, -0.2) is 17.9 Å². The molecule has 6 heteroatoms. The standard InChI is InChI=1S/C19H20BrN3O2/c1-12(18(24)22-16-6-4-14(20)5-7-16)21-15-8-10-17(11-9-15)23-19(25)13-2-3-13/h4-13,21H,2-3H2,1H3,(H,22,24)(H,23,25). The van der Waals surface area contributed by atoms with Gasteiger partial charge >= 0.3 is 0 Å². The van der Waals surface area contributed by atoms with Crippen molar-refractivity contribution < 1.29 is 9.59 Å². The average Bonchev–Trinajstić information content (AvgIpc) is 3.43. The second-order valence-corrected chi connectivity index (χ2v) is 7.12. The number of amides is 2. The van der Waals surface area contributed by atoms with Crippen molar-refractivity contribution in [3.05, 3.63) is 53.0 Å². The number of carbonyl (C=O) groups is 2. The van der Waals surface area contributed by atoms with Gasteiger partial charge in [0.05, 0.1) is 0 Å². The van der Waals surface area contributed by atoms with Crippen LogP contribution in [0.25, 0.3) is 0 Å². The summed E-state index contributed by atoms with van der Waals surface area (Å²) >= 11 is 3.37. The number of hydrogen-bond donors (Lipinski definition) is 3. The summed E-state index contributed by atoms with van der Waals surface area (Å²) in [6.45, 7) is 1.80. The lowest BCUT2D eigenvalue weighted by Gasteiger charge is -2.16. The van der Waals surface area contributed by atoms with Crippen molar-refractivity contribution in [2.45, 2.75) is 25.8 Å². The van der Waals surface area contributed by atoms with E-state index in [4.69, 9.17) is 0 Å². The molecule has 2 amide bonds.